The molecule has 6 heteroatoms. The quantitative estimate of drug-likeness (QED) is 0.756. The van der Waals surface area contributed by atoms with Crippen LogP contribution in [0.15, 0.2) is 0 Å². The molecule has 3 saturated heterocycles. The fourth-order valence-corrected chi connectivity index (χ4v) is 5.38. The number of likely N-dealkylation sites (tertiary alicyclic amines) is 1. The zero-order valence-corrected chi connectivity index (χ0v) is 16.1. The first kappa shape index (κ1) is 18.2. The van der Waals surface area contributed by atoms with Gasteiger partial charge in [-0.25, -0.2) is 0 Å². The molecule has 0 unspecified atom stereocenters. The van der Waals surface area contributed by atoms with E-state index in [2.05, 4.69) is 11.9 Å². The standard InChI is InChI=1S/C20H33N3O3/c1-21-7-4-8-22(10-9-21)19(25)20-14-23(12-17(20)13-26-15-20)18(24)11-16-5-2-3-6-16/h16-17H,2-15H2,1H3/t17-,20-/m1/s1. The summed E-state index contributed by atoms with van der Waals surface area (Å²) < 4.78 is 5.74. The average Bonchev–Trinajstić information content (AvgIpc) is 3.29. The van der Waals surface area contributed by atoms with E-state index < -0.39 is 5.41 Å². The molecule has 3 aliphatic heterocycles. The summed E-state index contributed by atoms with van der Waals surface area (Å²) in [4.78, 5) is 32.6. The number of ether oxygens (including phenoxy) is 1. The predicted molar refractivity (Wildman–Crippen MR) is 98.6 cm³/mol. The molecule has 4 rings (SSSR count). The van der Waals surface area contributed by atoms with Crippen LogP contribution in [0.25, 0.3) is 0 Å². The van der Waals surface area contributed by atoms with Gasteiger partial charge >= 0.3 is 0 Å². The van der Waals surface area contributed by atoms with Crippen LogP contribution in [0.4, 0.5) is 0 Å². The van der Waals surface area contributed by atoms with E-state index in [0.717, 1.165) is 32.6 Å². The Morgan fingerprint density at radius 3 is 2.65 bits per heavy atom. The molecule has 4 aliphatic rings. The fourth-order valence-electron chi connectivity index (χ4n) is 5.38. The molecule has 0 aromatic rings. The van der Waals surface area contributed by atoms with Crippen LogP contribution in [-0.2, 0) is 14.3 Å². The van der Waals surface area contributed by atoms with Crippen molar-refractivity contribution >= 4 is 11.8 Å². The monoisotopic (exact) mass is 363 g/mol. The first-order valence-corrected chi connectivity index (χ1v) is 10.4. The third-order valence-corrected chi connectivity index (χ3v) is 7.10. The summed E-state index contributed by atoms with van der Waals surface area (Å²) in [6.45, 7) is 5.95. The van der Waals surface area contributed by atoms with Gasteiger partial charge < -0.3 is 19.4 Å². The molecule has 0 N–H and O–H groups in total. The Morgan fingerprint density at radius 1 is 1.04 bits per heavy atom. The van der Waals surface area contributed by atoms with Gasteiger partial charge in [-0.1, -0.05) is 12.8 Å². The second kappa shape index (κ2) is 7.47. The van der Waals surface area contributed by atoms with E-state index in [9.17, 15) is 9.59 Å². The molecule has 0 aromatic carbocycles. The zero-order chi connectivity index (χ0) is 18.1. The highest BCUT2D eigenvalue weighted by Crippen LogP contribution is 2.43. The van der Waals surface area contributed by atoms with Crippen molar-refractivity contribution in [2.75, 3.05) is 59.5 Å². The summed E-state index contributed by atoms with van der Waals surface area (Å²) in [6, 6.07) is 0. The second-order valence-corrected chi connectivity index (χ2v) is 8.95. The molecule has 146 valence electrons. The lowest BCUT2D eigenvalue weighted by atomic mass is 9.79. The van der Waals surface area contributed by atoms with Crippen molar-refractivity contribution in [1.82, 2.24) is 14.7 Å². The molecule has 0 radical (unpaired) electrons. The number of amides is 2. The summed E-state index contributed by atoms with van der Waals surface area (Å²) in [5.74, 6) is 1.22. The van der Waals surface area contributed by atoms with E-state index in [0.29, 0.717) is 38.6 Å². The Kier molecular flexibility index (Phi) is 5.24. The van der Waals surface area contributed by atoms with E-state index in [4.69, 9.17) is 4.74 Å². The van der Waals surface area contributed by atoms with Gasteiger partial charge in [0.2, 0.25) is 11.8 Å². The summed E-state index contributed by atoms with van der Waals surface area (Å²) in [7, 11) is 2.12. The number of rotatable bonds is 3. The van der Waals surface area contributed by atoms with Crippen LogP contribution >= 0.6 is 0 Å². The lowest BCUT2D eigenvalue weighted by molar-refractivity contribution is -0.143. The maximum atomic E-state index is 13.5. The minimum absolute atomic E-state index is 0.170. The Morgan fingerprint density at radius 2 is 1.85 bits per heavy atom. The summed E-state index contributed by atoms with van der Waals surface area (Å²) in [6.07, 6.45) is 6.61. The van der Waals surface area contributed by atoms with Gasteiger partial charge in [-0.2, -0.15) is 0 Å². The van der Waals surface area contributed by atoms with E-state index in [1.54, 1.807) is 0 Å². The number of hydrogen-bond donors (Lipinski definition) is 0. The van der Waals surface area contributed by atoms with Gasteiger partial charge in [-0.15, -0.1) is 0 Å². The largest absolute Gasteiger partial charge is 0.380 e. The van der Waals surface area contributed by atoms with Gasteiger partial charge in [-0.05, 0) is 38.8 Å². The zero-order valence-electron chi connectivity index (χ0n) is 16.1. The molecule has 6 nitrogen and oxygen atoms in total. The number of carbonyl (C=O) groups is 2. The molecule has 4 fully saturated rings. The van der Waals surface area contributed by atoms with Gasteiger partial charge in [0, 0.05) is 45.1 Å². The van der Waals surface area contributed by atoms with Crippen LogP contribution < -0.4 is 0 Å². The van der Waals surface area contributed by atoms with Crippen molar-refractivity contribution < 1.29 is 14.3 Å². The molecule has 0 bridgehead atoms. The third kappa shape index (κ3) is 3.38. The summed E-state index contributed by atoms with van der Waals surface area (Å²) in [5, 5.41) is 0. The number of hydrogen-bond acceptors (Lipinski definition) is 4. The Bertz CT molecular complexity index is 548. The molecule has 0 spiro atoms. The van der Waals surface area contributed by atoms with E-state index in [-0.39, 0.29) is 17.7 Å². The van der Waals surface area contributed by atoms with Gasteiger partial charge in [0.05, 0.1) is 18.6 Å². The minimum atomic E-state index is -0.492. The Balaban J connectivity index is 1.43. The maximum absolute atomic E-state index is 13.5. The highest BCUT2D eigenvalue weighted by atomic mass is 16.5. The van der Waals surface area contributed by atoms with Crippen LogP contribution in [-0.4, -0.2) is 86.0 Å². The van der Waals surface area contributed by atoms with Gasteiger partial charge in [0.25, 0.3) is 0 Å². The van der Waals surface area contributed by atoms with Crippen LogP contribution in [0, 0.1) is 17.3 Å². The SMILES string of the molecule is CN1CCCN(C(=O)[C@]23COC[C@H]2CN(C(=O)CC2CCCC2)C3)CC1. The molecule has 2 amide bonds. The minimum Gasteiger partial charge on any atom is -0.380 e. The fraction of sp³-hybridized carbons (Fsp3) is 0.900. The van der Waals surface area contributed by atoms with E-state index in [1.165, 1.54) is 25.7 Å². The molecule has 0 aromatic heterocycles. The number of likely N-dealkylation sites (N-methyl/N-ethyl adjacent to an activating group) is 1. The first-order valence-electron chi connectivity index (χ1n) is 10.4. The molecule has 1 saturated carbocycles. The number of carbonyl (C=O) groups excluding carboxylic acids is 2. The Hall–Kier alpha value is -1.14. The maximum Gasteiger partial charge on any atom is 0.233 e. The normalized spacial score (nSPS) is 33.5. The second-order valence-electron chi connectivity index (χ2n) is 8.95. The van der Waals surface area contributed by atoms with Gasteiger partial charge in [0.1, 0.15) is 0 Å². The van der Waals surface area contributed by atoms with Gasteiger partial charge in [0.15, 0.2) is 0 Å². The molecule has 26 heavy (non-hydrogen) atoms. The van der Waals surface area contributed by atoms with Gasteiger partial charge in [-0.3, -0.25) is 9.59 Å². The number of fused-ring (bicyclic) bond motifs is 1. The van der Waals surface area contributed by atoms with E-state index in [1.807, 2.05) is 9.80 Å². The molecular weight excluding hydrogens is 330 g/mol. The van der Waals surface area contributed by atoms with Crippen molar-refractivity contribution in [2.45, 2.75) is 38.5 Å². The smallest absolute Gasteiger partial charge is 0.233 e. The topological polar surface area (TPSA) is 53.1 Å². The van der Waals surface area contributed by atoms with Crippen molar-refractivity contribution in [1.29, 1.82) is 0 Å². The highest BCUT2D eigenvalue weighted by molar-refractivity contribution is 5.86. The number of nitrogens with zero attached hydrogens (tertiary/aromatic N) is 3. The first-order chi connectivity index (χ1) is 12.6. The summed E-state index contributed by atoms with van der Waals surface area (Å²) in [5.41, 5.74) is -0.492. The van der Waals surface area contributed by atoms with Crippen molar-refractivity contribution in [3.05, 3.63) is 0 Å². The van der Waals surface area contributed by atoms with Crippen molar-refractivity contribution in [2.24, 2.45) is 17.3 Å². The average molecular weight is 364 g/mol. The van der Waals surface area contributed by atoms with Crippen LogP contribution in [0.2, 0.25) is 0 Å². The highest BCUT2D eigenvalue weighted by Gasteiger charge is 2.57. The molecule has 3 heterocycles. The van der Waals surface area contributed by atoms with Crippen LogP contribution in [0.3, 0.4) is 0 Å². The predicted octanol–water partition coefficient (Wildman–Crippen LogP) is 1.21. The van der Waals surface area contributed by atoms with Crippen molar-refractivity contribution in [3.8, 4) is 0 Å². The van der Waals surface area contributed by atoms with E-state index >= 15 is 0 Å². The summed E-state index contributed by atoms with van der Waals surface area (Å²) >= 11 is 0. The molecular formula is C20H33N3O3. The lowest BCUT2D eigenvalue weighted by Gasteiger charge is -2.32. The van der Waals surface area contributed by atoms with Crippen LogP contribution in [0.1, 0.15) is 38.5 Å². The van der Waals surface area contributed by atoms with Crippen LogP contribution in [0.5, 0.6) is 0 Å². The lowest BCUT2D eigenvalue weighted by Crippen LogP contribution is -2.50. The molecule has 2 atom stereocenters. The molecule has 1 aliphatic carbocycles. The Labute approximate surface area is 156 Å². The van der Waals surface area contributed by atoms with Crippen molar-refractivity contribution in [3.63, 3.8) is 0 Å². The third-order valence-electron chi connectivity index (χ3n) is 7.10.